The van der Waals surface area contributed by atoms with E-state index in [0.717, 1.165) is 35.2 Å². The van der Waals surface area contributed by atoms with E-state index in [0.29, 0.717) is 32.9 Å². The second-order valence-electron chi connectivity index (χ2n) is 6.30. The highest BCUT2D eigenvalue weighted by Crippen LogP contribution is 2.37. The van der Waals surface area contributed by atoms with E-state index in [-0.39, 0.29) is 0 Å². The van der Waals surface area contributed by atoms with Crippen LogP contribution in [0.4, 0.5) is 0 Å². The third-order valence-corrected chi connectivity index (χ3v) is 5.53. The fraction of sp³-hybridized carbons (Fsp3) is 0.143. The number of para-hydroxylation sites is 1. The van der Waals surface area contributed by atoms with Gasteiger partial charge in [0.25, 0.3) is 0 Å². The molecule has 1 aliphatic rings. The molecule has 0 aliphatic heterocycles. The first kappa shape index (κ1) is 17.1. The van der Waals surface area contributed by atoms with E-state index >= 15 is 0 Å². The zero-order valence-electron chi connectivity index (χ0n) is 13.8. The Morgan fingerprint density at radius 1 is 1.08 bits per heavy atom. The van der Waals surface area contributed by atoms with Crippen molar-refractivity contribution < 1.29 is 9.90 Å². The number of carbonyl (C=O) groups is 1. The molecular formula is C21H15Cl2NO2. The van der Waals surface area contributed by atoms with Crippen molar-refractivity contribution in [1.82, 2.24) is 4.98 Å². The number of nitrogens with zero attached hydrogens (tertiary/aromatic N) is 1. The predicted molar refractivity (Wildman–Crippen MR) is 106 cm³/mol. The number of carboxylic acid groups (broad SMARTS) is 1. The van der Waals surface area contributed by atoms with Gasteiger partial charge >= 0.3 is 5.97 Å². The van der Waals surface area contributed by atoms with Crippen molar-refractivity contribution >= 4 is 51.7 Å². The summed E-state index contributed by atoms with van der Waals surface area (Å²) in [6.45, 7) is 0. The van der Waals surface area contributed by atoms with Crippen LogP contribution in [0.15, 0.2) is 42.5 Å². The van der Waals surface area contributed by atoms with E-state index in [4.69, 9.17) is 28.2 Å². The molecule has 1 aliphatic carbocycles. The minimum atomic E-state index is -0.915. The molecule has 0 radical (unpaired) electrons. The summed E-state index contributed by atoms with van der Waals surface area (Å²) in [6.07, 6.45) is 4.37. The smallest absolute Gasteiger partial charge is 0.336 e. The molecule has 4 rings (SSSR count). The molecule has 0 unspecified atom stereocenters. The number of carboxylic acids is 1. The average molecular weight is 384 g/mol. The van der Waals surface area contributed by atoms with Crippen LogP contribution in [0, 0.1) is 0 Å². The van der Waals surface area contributed by atoms with E-state index in [9.17, 15) is 9.90 Å². The summed E-state index contributed by atoms with van der Waals surface area (Å²) >= 11 is 12.4. The summed E-state index contributed by atoms with van der Waals surface area (Å²) in [5.74, 6) is -0.915. The maximum Gasteiger partial charge on any atom is 0.336 e. The normalized spacial score (nSPS) is 15.2. The van der Waals surface area contributed by atoms with Crippen molar-refractivity contribution in [2.24, 2.45) is 0 Å². The molecule has 0 bridgehead atoms. The number of aromatic nitrogens is 1. The van der Waals surface area contributed by atoms with Crippen LogP contribution in [0.2, 0.25) is 10.0 Å². The van der Waals surface area contributed by atoms with E-state index in [1.54, 1.807) is 6.07 Å². The Hall–Kier alpha value is -2.36. The molecule has 0 spiro atoms. The topological polar surface area (TPSA) is 50.2 Å². The first-order chi connectivity index (χ1) is 12.6. The van der Waals surface area contributed by atoms with Crippen LogP contribution in [-0.2, 0) is 6.42 Å². The van der Waals surface area contributed by atoms with E-state index < -0.39 is 5.97 Å². The monoisotopic (exact) mass is 383 g/mol. The second-order valence-corrected chi connectivity index (χ2v) is 7.09. The number of hydrogen-bond acceptors (Lipinski definition) is 2. The van der Waals surface area contributed by atoms with Gasteiger partial charge in [0.2, 0.25) is 0 Å². The van der Waals surface area contributed by atoms with Gasteiger partial charge < -0.3 is 5.11 Å². The zero-order valence-corrected chi connectivity index (χ0v) is 15.3. The van der Waals surface area contributed by atoms with Gasteiger partial charge in [0.15, 0.2) is 0 Å². The lowest BCUT2D eigenvalue weighted by Gasteiger charge is -2.21. The van der Waals surface area contributed by atoms with Crippen LogP contribution in [0.5, 0.6) is 0 Å². The molecular weight excluding hydrogens is 369 g/mol. The number of allylic oxidation sites excluding steroid dienone is 1. The first-order valence-electron chi connectivity index (χ1n) is 8.36. The third kappa shape index (κ3) is 2.87. The Bertz CT molecular complexity index is 1070. The van der Waals surface area contributed by atoms with E-state index in [1.807, 2.05) is 42.5 Å². The Morgan fingerprint density at radius 3 is 2.69 bits per heavy atom. The van der Waals surface area contributed by atoms with E-state index in [1.165, 1.54) is 0 Å². The van der Waals surface area contributed by atoms with Gasteiger partial charge in [-0.15, -0.1) is 0 Å². The van der Waals surface area contributed by atoms with Gasteiger partial charge in [-0.05, 0) is 54.2 Å². The number of aromatic carboxylic acids is 1. The number of hydrogen-bond donors (Lipinski definition) is 1. The molecule has 0 fully saturated rings. The van der Waals surface area contributed by atoms with Crippen molar-refractivity contribution in [2.45, 2.75) is 19.3 Å². The number of benzene rings is 2. The van der Waals surface area contributed by atoms with Crippen molar-refractivity contribution in [2.75, 3.05) is 0 Å². The molecule has 1 aromatic heterocycles. The highest BCUT2D eigenvalue weighted by Gasteiger charge is 2.24. The minimum Gasteiger partial charge on any atom is -0.478 e. The van der Waals surface area contributed by atoms with Crippen LogP contribution in [0.25, 0.3) is 22.6 Å². The predicted octanol–water partition coefficient (Wildman–Crippen LogP) is 6.12. The zero-order chi connectivity index (χ0) is 18.3. The van der Waals surface area contributed by atoms with Gasteiger partial charge in [0.05, 0.1) is 26.8 Å². The minimum absolute atomic E-state index is 0.355. The number of pyridine rings is 1. The fourth-order valence-corrected chi connectivity index (χ4v) is 3.90. The Balaban J connectivity index is 1.98. The molecule has 1 heterocycles. The molecule has 0 saturated carbocycles. The Morgan fingerprint density at radius 2 is 1.88 bits per heavy atom. The van der Waals surface area contributed by atoms with Gasteiger partial charge in [0, 0.05) is 5.39 Å². The summed E-state index contributed by atoms with van der Waals surface area (Å²) in [5.41, 5.74) is 4.40. The first-order valence-corrected chi connectivity index (χ1v) is 9.11. The number of halogens is 2. The molecule has 130 valence electrons. The van der Waals surface area contributed by atoms with Crippen molar-refractivity contribution in [3.63, 3.8) is 0 Å². The quantitative estimate of drug-likeness (QED) is 0.579. The van der Waals surface area contributed by atoms with Crippen molar-refractivity contribution in [3.8, 4) is 0 Å². The summed E-state index contributed by atoms with van der Waals surface area (Å²) in [4.78, 5) is 16.7. The molecule has 5 heteroatoms. The Labute approximate surface area is 160 Å². The van der Waals surface area contributed by atoms with Gasteiger partial charge in [0.1, 0.15) is 0 Å². The third-order valence-electron chi connectivity index (χ3n) is 4.70. The van der Waals surface area contributed by atoms with Crippen LogP contribution in [-0.4, -0.2) is 16.1 Å². The molecule has 0 atom stereocenters. The summed E-state index contributed by atoms with van der Waals surface area (Å²) in [7, 11) is 0. The molecule has 0 amide bonds. The standard InChI is InChI=1S/C21H15Cl2NO2/c22-16-9-4-5-12(19(16)23)11-13-6-3-8-15-18(21(25)26)14-7-1-2-10-17(14)24-20(13)15/h1-2,4-5,7,9-11H,3,6,8H2,(H,25,26). The molecule has 26 heavy (non-hydrogen) atoms. The van der Waals surface area contributed by atoms with Crippen LogP contribution < -0.4 is 0 Å². The molecule has 1 N–H and O–H groups in total. The summed E-state index contributed by atoms with van der Waals surface area (Å²) in [5, 5.41) is 11.5. The van der Waals surface area contributed by atoms with Gasteiger partial charge in [-0.25, -0.2) is 9.78 Å². The van der Waals surface area contributed by atoms with E-state index in [2.05, 4.69) is 0 Å². The van der Waals surface area contributed by atoms with Crippen molar-refractivity contribution in [1.29, 1.82) is 0 Å². The van der Waals surface area contributed by atoms with Gasteiger partial charge in [-0.3, -0.25) is 0 Å². The lowest BCUT2D eigenvalue weighted by Crippen LogP contribution is -2.13. The molecule has 3 aromatic rings. The number of fused-ring (bicyclic) bond motifs is 2. The average Bonchev–Trinajstić information content (AvgIpc) is 2.63. The summed E-state index contributed by atoms with van der Waals surface area (Å²) < 4.78 is 0. The fourth-order valence-electron chi connectivity index (χ4n) is 3.54. The van der Waals surface area contributed by atoms with Crippen LogP contribution >= 0.6 is 23.2 Å². The largest absolute Gasteiger partial charge is 0.478 e. The molecule has 2 aromatic carbocycles. The highest BCUT2D eigenvalue weighted by molar-refractivity contribution is 6.43. The lowest BCUT2D eigenvalue weighted by molar-refractivity contribution is 0.0697. The lowest BCUT2D eigenvalue weighted by atomic mass is 9.86. The van der Waals surface area contributed by atoms with Gasteiger partial charge in [-0.2, -0.15) is 0 Å². The second kappa shape index (κ2) is 6.75. The summed E-state index contributed by atoms with van der Waals surface area (Å²) in [6, 6.07) is 12.9. The SMILES string of the molecule is O=C(O)c1c2c(nc3ccccc13)C(=Cc1cccc(Cl)c1Cl)CCC2. The maximum absolute atomic E-state index is 12.0. The maximum atomic E-state index is 12.0. The number of rotatable bonds is 2. The van der Waals surface area contributed by atoms with Crippen LogP contribution in [0.3, 0.4) is 0 Å². The van der Waals surface area contributed by atoms with Crippen LogP contribution in [0.1, 0.15) is 40.0 Å². The van der Waals surface area contributed by atoms with Gasteiger partial charge in [-0.1, -0.05) is 53.5 Å². The van der Waals surface area contributed by atoms with Crippen molar-refractivity contribution in [3.05, 3.63) is 74.9 Å². The Kier molecular flexibility index (Phi) is 4.43. The molecule has 0 saturated heterocycles. The molecule has 3 nitrogen and oxygen atoms in total. The highest BCUT2D eigenvalue weighted by atomic mass is 35.5.